The summed E-state index contributed by atoms with van der Waals surface area (Å²) in [5.41, 5.74) is 2.20. The molecule has 0 aliphatic carbocycles. The first-order chi connectivity index (χ1) is 16.8. The van der Waals surface area contributed by atoms with Crippen LogP contribution in [0.4, 0.5) is 5.82 Å². The molecule has 0 aliphatic rings. The van der Waals surface area contributed by atoms with E-state index >= 15 is 0 Å². The highest BCUT2D eigenvalue weighted by Crippen LogP contribution is 2.33. The van der Waals surface area contributed by atoms with Crippen molar-refractivity contribution in [2.45, 2.75) is 43.5 Å². The zero-order valence-corrected chi connectivity index (χ0v) is 21.9. The Hall–Kier alpha value is -3.49. The molecule has 2 aromatic carbocycles. The van der Waals surface area contributed by atoms with Crippen LogP contribution in [0, 0.1) is 6.92 Å². The number of benzene rings is 2. The molecule has 0 amide bonds. The van der Waals surface area contributed by atoms with Crippen LogP contribution in [-0.4, -0.2) is 25.8 Å². The molecule has 2 aromatic heterocycles. The molecule has 0 radical (unpaired) electrons. The minimum atomic E-state index is -0.901. The van der Waals surface area contributed by atoms with Gasteiger partial charge in [-0.05, 0) is 62.7 Å². The van der Waals surface area contributed by atoms with E-state index < -0.39 is 10.7 Å². The number of halogens is 1. The van der Waals surface area contributed by atoms with Crippen LogP contribution in [0.5, 0.6) is 11.6 Å². The molecule has 9 heteroatoms. The van der Waals surface area contributed by atoms with Crippen LogP contribution in [0.1, 0.15) is 30.7 Å². The summed E-state index contributed by atoms with van der Waals surface area (Å²) in [5.74, 6) is 1.81. The molecule has 7 nitrogen and oxygen atoms in total. The Labute approximate surface area is 220 Å². The van der Waals surface area contributed by atoms with Gasteiger partial charge in [-0.15, -0.1) is 24.2 Å². The van der Waals surface area contributed by atoms with E-state index in [4.69, 9.17) is 9.15 Å². The van der Waals surface area contributed by atoms with E-state index in [1.807, 2.05) is 73.7 Å². The fourth-order valence-corrected chi connectivity index (χ4v) is 4.26. The van der Waals surface area contributed by atoms with Crippen molar-refractivity contribution >= 4 is 36.0 Å². The maximum Gasteiger partial charge on any atom is 0.319 e. The number of aryl methyl sites for hydroxylation is 1. The standard InChI is InChI=1S/C27H27N3O4S.ClH/c1-19-6-10-21(11-7-19)34-25-15-24(28-18-29-25)30(17-22-5-4-14-33-22)16-20-8-12-23(13-9-20)35-27(2,3)26(31)32;/h4-15,18H,16-17H2,1-3H3,(H,31,32);1H. The fourth-order valence-electron chi connectivity index (χ4n) is 3.32. The van der Waals surface area contributed by atoms with E-state index in [0.717, 1.165) is 21.8 Å². The predicted molar refractivity (Wildman–Crippen MR) is 143 cm³/mol. The third kappa shape index (κ3) is 7.26. The summed E-state index contributed by atoms with van der Waals surface area (Å²) in [4.78, 5) is 23.2. The van der Waals surface area contributed by atoms with Crippen molar-refractivity contribution in [3.63, 3.8) is 0 Å². The number of carboxylic acids is 1. The van der Waals surface area contributed by atoms with Gasteiger partial charge in [0.1, 0.15) is 28.4 Å². The summed E-state index contributed by atoms with van der Waals surface area (Å²) in [7, 11) is 0. The predicted octanol–water partition coefficient (Wildman–Crippen LogP) is 6.75. The van der Waals surface area contributed by atoms with Gasteiger partial charge in [-0.3, -0.25) is 4.79 Å². The SMILES string of the molecule is Cc1ccc(Oc2cc(N(Cc3ccc(SC(C)(C)C(=O)O)cc3)Cc3ccco3)ncn2)cc1.Cl. The molecule has 0 saturated carbocycles. The molecule has 0 bridgehead atoms. The highest BCUT2D eigenvalue weighted by Gasteiger charge is 2.28. The fraction of sp³-hybridized carbons (Fsp3) is 0.222. The van der Waals surface area contributed by atoms with Gasteiger partial charge in [0.25, 0.3) is 0 Å². The van der Waals surface area contributed by atoms with Gasteiger partial charge in [-0.1, -0.05) is 29.8 Å². The summed E-state index contributed by atoms with van der Waals surface area (Å²) in [6.45, 7) is 6.50. The van der Waals surface area contributed by atoms with E-state index in [1.54, 1.807) is 20.1 Å². The van der Waals surface area contributed by atoms with Crippen LogP contribution in [0.2, 0.25) is 0 Å². The topological polar surface area (TPSA) is 88.7 Å². The van der Waals surface area contributed by atoms with E-state index in [1.165, 1.54) is 18.1 Å². The number of hydrogen-bond acceptors (Lipinski definition) is 7. The molecule has 4 rings (SSSR count). The van der Waals surface area contributed by atoms with Crippen molar-refractivity contribution in [1.29, 1.82) is 0 Å². The molecule has 188 valence electrons. The summed E-state index contributed by atoms with van der Waals surface area (Å²) < 4.78 is 10.6. The van der Waals surface area contributed by atoms with Crippen molar-refractivity contribution in [2.75, 3.05) is 4.90 Å². The van der Waals surface area contributed by atoms with Gasteiger partial charge in [0, 0.05) is 17.5 Å². The molecule has 0 unspecified atom stereocenters. The van der Waals surface area contributed by atoms with Crippen LogP contribution in [0.15, 0.2) is 88.6 Å². The smallest absolute Gasteiger partial charge is 0.319 e. The highest BCUT2D eigenvalue weighted by molar-refractivity contribution is 8.01. The number of rotatable bonds is 10. The van der Waals surface area contributed by atoms with E-state index in [2.05, 4.69) is 14.9 Å². The minimum absolute atomic E-state index is 0. The zero-order valence-electron chi connectivity index (χ0n) is 20.2. The van der Waals surface area contributed by atoms with Gasteiger partial charge >= 0.3 is 5.97 Å². The van der Waals surface area contributed by atoms with Crippen molar-refractivity contribution in [2.24, 2.45) is 0 Å². The van der Waals surface area contributed by atoms with Gasteiger partial charge in [0.15, 0.2) is 0 Å². The first-order valence-electron chi connectivity index (χ1n) is 11.1. The minimum Gasteiger partial charge on any atom is -0.480 e. The molecule has 2 heterocycles. The summed E-state index contributed by atoms with van der Waals surface area (Å²) >= 11 is 1.32. The Morgan fingerprint density at radius 2 is 1.78 bits per heavy atom. The molecule has 0 spiro atoms. The van der Waals surface area contributed by atoms with E-state index in [0.29, 0.717) is 30.5 Å². The number of ether oxygens (including phenoxy) is 1. The molecule has 0 fully saturated rings. The lowest BCUT2D eigenvalue weighted by molar-refractivity contribution is -0.138. The van der Waals surface area contributed by atoms with Crippen LogP contribution in [-0.2, 0) is 17.9 Å². The van der Waals surface area contributed by atoms with Gasteiger partial charge in [0.2, 0.25) is 5.88 Å². The Balaban J connectivity index is 0.00000361. The summed E-state index contributed by atoms with van der Waals surface area (Å²) in [6, 6.07) is 21.3. The Morgan fingerprint density at radius 3 is 2.42 bits per heavy atom. The Kier molecular flexibility index (Phi) is 9.01. The number of hydrogen-bond donors (Lipinski definition) is 1. The molecule has 1 N–H and O–H groups in total. The molecule has 36 heavy (non-hydrogen) atoms. The number of carboxylic acid groups (broad SMARTS) is 1. The monoisotopic (exact) mass is 525 g/mol. The Bertz CT molecular complexity index is 1260. The molecular weight excluding hydrogens is 498 g/mol. The zero-order chi connectivity index (χ0) is 24.8. The van der Waals surface area contributed by atoms with Crippen LogP contribution >= 0.6 is 24.2 Å². The lowest BCUT2D eigenvalue weighted by Gasteiger charge is -2.23. The number of thioether (sulfide) groups is 1. The number of furan rings is 1. The second kappa shape index (κ2) is 12.0. The van der Waals surface area contributed by atoms with E-state index in [9.17, 15) is 9.90 Å². The third-order valence-electron chi connectivity index (χ3n) is 5.31. The van der Waals surface area contributed by atoms with Gasteiger partial charge in [0.05, 0.1) is 12.8 Å². The average Bonchev–Trinajstić information content (AvgIpc) is 3.34. The van der Waals surface area contributed by atoms with Gasteiger partial charge in [-0.25, -0.2) is 9.97 Å². The number of anilines is 1. The van der Waals surface area contributed by atoms with Gasteiger partial charge in [-0.2, -0.15) is 0 Å². The number of carbonyl (C=O) groups is 1. The van der Waals surface area contributed by atoms with Gasteiger partial charge < -0.3 is 19.2 Å². The number of aromatic nitrogens is 2. The molecular formula is C27H28ClN3O4S. The summed E-state index contributed by atoms with van der Waals surface area (Å²) in [5, 5.41) is 9.39. The first kappa shape index (κ1) is 27.1. The summed E-state index contributed by atoms with van der Waals surface area (Å²) in [6.07, 6.45) is 3.14. The average molecular weight is 526 g/mol. The lowest BCUT2D eigenvalue weighted by Crippen LogP contribution is -2.26. The van der Waals surface area contributed by atoms with Crippen molar-refractivity contribution < 1.29 is 19.1 Å². The Morgan fingerprint density at radius 1 is 1.06 bits per heavy atom. The van der Waals surface area contributed by atoms with E-state index in [-0.39, 0.29) is 12.4 Å². The second-order valence-corrected chi connectivity index (χ2v) is 10.3. The number of aliphatic carboxylic acids is 1. The quantitative estimate of drug-likeness (QED) is 0.227. The van der Waals surface area contributed by atoms with Crippen LogP contribution in [0.3, 0.4) is 0 Å². The van der Waals surface area contributed by atoms with Crippen molar-refractivity contribution in [3.05, 3.63) is 96.2 Å². The van der Waals surface area contributed by atoms with Crippen LogP contribution in [0.25, 0.3) is 0 Å². The third-order valence-corrected chi connectivity index (χ3v) is 6.50. The molecule has 0 saturated heterocycles. The maximum atomic E-state index is 11.4. The lowest BCUT2D eigenvalue weighted by atomic mass is 10.2. The van der Waals surface area contributed by atoms with Crippen LogP contribution < -0.4 is 9.64 Å². The molecule has 4 aromatic rings. The largest absolute Gasteiger partial charge is 0.480 e. The normalized spacial score (nSPS) is 11.0. The molecule has 0 atom stereocenters. The second-order valence-electron chi connectivity index (χ2n) is 8.63. The highest BCUT2D eigenvalue weighted by atomic mass is 35.5. The first-order valence-corrected chi connectivity index (χ1v) is 12.0. The maximum absolute atomic E-state index is 11.4. The molecule has 0 aliphatic heterocycles. The number of nitrogens with zero attached hydrogens (tertiary/aromatic N) is 3. The van der Waals surface area contributed by atoms with Crippen molar-refractivity contribution in [3.8, 4) is 11.6 Å². The van der Waals surface area contributed by atoms with Crippen molar-refractivity contribution in [1.82, 2.24) is 9.97 Å².